The molecule has 6 nitrogen and oxygen atoms in total. The van der Waals surface area contributed by atoms with Gasteiger partial charge in [0.1, 0.15) is 0 Å². The highest BCUT2D eigenvalue weighted by Gasteiger charge is 2.18. The van der Waals surface area contributed by atoms with Gasteiger partial charge < -0.3 is 14.2 Å². The van der Waals surface area contributed by atoms with Crippen LogP contribution >= 0.6 is 11.6 Å². The molecule has 2 aromatic rings. The fourth-order valence-electron chi connectivity index (χ4n) is 1.99. The minimum Gasteiger partial charge on any atom is -0.465 e. The van der Waals surface area contributed by atoms with Crippen LogP contribution in [0.3, 0.4) is 0 Å². The number of hydrogen-bond donors (Lipinski definition) is 0. The summed E-state index contributed by atoms with van der Waals surface area (Å²) < 4.78 is 16.7. The summed E-state index contributed by atoms with van der Waals surface area (Å²) in [5.74, 6) is -0.467. The third-order valence-electron chi connectivity index (χ3n) is 2.95. The van der Waals surface area contributed by atoms with E-state index in [1.165, 1.54) is 21.3 Å². The van der Waals surface area contributed by atoms with Crippen molar-refractivity contribution in [2.75, 3.05) is 21.3 Å². The largest absolute Gasteiger partial charge is 0.465 e. The van der Waals surface area contributed by atoms with Gasteiger partial charge in [0.25, 0.3) is 0 Å². The minimum absolute atomic E-state index is 0.349. The molecule has 0 aliphatic heterocycles. The summed E-state index contributed by atoms with van der Waals surface area (Å²) in [6.07, 6.45) is 1.18. The van der Waals surface area contributed by atoms with Crippen molar-refractivity contribution in [1.82, 2.24) is 9.78 Å². The van der Waals surface area contributed by atoms with Crippen molar-refractivity contribution in [3.8, 4) is 0 Å². The van der Waals surface area contributed by atoms with Crippen molar-refractivity contribution in [3.63, 3.8) is 0 Å². The normalized spacial score (nSPS) is 11.2. The van der Waals surface area contributed by atoms with Crippen LogP contribution in [0, 0.1) is 0 Å². The predicted molar refractivity (Wildman–Crippen MR) is 73.9 cm³/mol. The SMILES string of the molecule is COC(=O)c1cc(Cl)cc2cnn(CC(OC)OC)c12. The highest BCUT2D eigenvalue weighted by molar-refractivity contribution is 6.32. The van der Waals surface area contributed by atoms with Crippen LogP contribution in [0.5, 0.6) is 0 Å². The van der Waals surface area contributed by atoms with E-state index >= 15 is 0 Å². The van der Waals surface area contributed by atoms with Crippen LogP contribution in [0.15, 0.2) is 18.3 Å². The molecule has 20 heavy (non-hydrogen) atoms. The molecule has 7 heteroatoms. The zero-order valence-corrected chi connectivity index (χ0v) is 12.2. The maximum Gasteiger partial charge on any atom is 0.340 e. The lowest BCUT2D eigenvalue weighted by atomic mass is 10.1. The van der Waals surface area contributed by atoms with Crippen LogP contribution in [0.2, 0.25) is 5.02 Å². The van der Waals surface area contributed by atoms with E-state index in [4.69, 9.17) is 25.8 Å². The number of carbonyl (C=O) groups excluding carboxylic acids is 1. The quantitative estimate of drug-likeness (QED) is 0.625. The van der Waals surface area contributed by atoms with Gasteiger partial charge in [-0.1, -0.05) is 11.6 Å². The number of benzene rings is 1. The Morgan fingerprint density at radius 1 is 1.35 bits per heavy atom. The van der Waals surface area contributed by atoms with Gasteiger partial charge in [-0.15, -0.1) is 0 Å². The van der Waals surface area contributed by atoms with Crippen LogP contribution < -0.4 is 0 Å². The first kappa shape index (κ1) is 14.8. The van der Waals surface area contributed by atoms with E-state index in [0.717, 1.165) is 5.39 Å². The van der Waals surface area contributed by atoms with E-state index in [0.29, 0.717) is 22.6 Å². The van der Waals surface area contributed by atoms with Gasteiger partial charge in [0.05, 0.1) is 30.9 Å². The van der Waals surface area contributed by atoms with Gasteiger partial charge in [-0.25, -0.2) is 4.79 Å². The molecule has 0 fully saturated rings. The standard InChI is InChI=1S/C13H15ClN2O4/c1-18-11(19-2)7-16-12-8(6-15-16)4-9(14)5-10(12)13(17)20-3/h4-6,11H,7H2,1-3H3. The Morgan fingerprint density at radius 2 is 2.05 bits per heavy atom. The number of hydrogen-bond acceptors (Lipinski definition) is 5. The maximum absolute atomic E-state index is 11.9. The Kier molecular flexibility index (Phi) is 4.59. The first-order valence-electron chi connectivity index (χ1n) is 5.89. The van der Waals surface area contributed by atoms with Crippen molar-refractivity contribution in [2.45, 2.75) is 12.8 Å². The molecule has 108 valence electrons. The summed E-state index contributed by atoms with van der Waals surface area (Å²) in [5, 5.41) is 5.44. The Morgan fingerprint density at radius 3 is 2.65 bits per heavy atom. The fraction of sp³-hybridized carbons (Fsp3) is 0.385. The second-order valence-corrected chi connectivity index (χ2v) is 4.55. The highest BCUT2D eigenvalue weighted by Crippen LogP contribution is 2.25. The van der Waals surface area contributed by atoms with E-state index < -0.39 is 12.3 Å². The van der Waals surface area contributed by atoms with Gasteiger partial charge in [0.2, 0.25) is 0 Å². The van der Waals surface area contributed by atoms with E-state index in [9.17, 15) is 4.79 Å². The summed E-state index contributed by atoms with van der Waals surface area (Å²) in [6.45, 7) is 0.349. The molecule has 0 N–H and O–H groups in total. The van der Waals surface area contributed by atoms with Crippen LogP contribution in [-0.4, -0.2) is 43.4 Å². The molecule has 0 saturated carbocycles. The second kappa shape index (κ2) is 6.21. The number of methoxy groups -OCH3 is 3. The van der Waals surface area contributed by atoms with Crippen molar-refractivity contribution >= 4 is 28.5 Å². The number of nitrogens with zero attached hydrogens (tertiary/aromatic N) is 2. The van der Waals surface area contributed by atoms with Crippen LogP contribution in [0.1, 0.15) is 10.4 Å². The predicted octanol–water partition coefficient (Wildman–Crippen LogP) is 2.10. The Labute approximate surface area is 121 Å². The number of halogens is 1. The number of carbonyl (C=O) groups is 1. The number of esters is 1. The summed E-state index contributed by atoms with van der Waals surface area (Å²) in [7, 11) is 4.40. The summed E-state index contributed by atoms with van der Waals surface area (Å²) in [4.78, 5) is 11.9. The van der Waals surface area contributed by atoms with Gasteiger partial charge >= 0.3 is 5.97 Å². The summed E-state index contributed by atoms with van der Waals surface area (Å²) >= 11 is 6.00. The molecule has 0 atom stereocenters. The van der Waals surface area contributed by atoms with Crippen LogP contribution in [-0.2, 0) is 20.8 Å². The Balaban J connectivity index is 2.54. The molecule has 0 spiro atoms. The first-order chi connectivity index (χ1) is 9.60. The van der Waals surface area contributed by atoms with Gasteiger partial charge in [-0.05, 0) is 12.1 Å². The van der Waals surface area contributed by atoms with Gasteiger partial charge in [-0.3, -0.25) is 4.68 Å². The average Bonchev–Trinajstić information content (AvgIpc) is 2.85. The number of ether oxygens (including phenoxy) is 3. The van der Waals surface area contributed by atoms with Crippen molar-refractivity contribution in [1.29, 1.82) is 0 Å². The molecule has 1 aromatic heterocycles. The second-order valence-electron chi connectivity index (χ2n) is 4.11. The molecule has 0 radical (unpaired) electrons. The molecule has 0 unspecified atom stereocenters. The molecule has 1 aromatic carbocycles. The highest BCUT2D eigenvalue weighted by atomic mass is 35.5. The van der Waals surface area contributed by atoms with Gasteiger partial charge in [0.15, 0.2) is 6.29 Å². The van der Waals surface area contributed by atoms with Crippen LogP contribution in [0.4, 0.5) is 0 Å². The maximum atomic E-state index is 11.9. The lowest BCUT2D eigenvalue weighted by Crippen LogP contribution is -2.21. The Hall–Kier alpha value is -1.63. The van der Waals surface area contributed by atoms with Crippen molar-refractivity contribution in [3.05, 3.63) is 28.9 Å². The molecule has 0 bridgehead atoms. The molecule has 0 aliphatic rings. The topological polar surface area (TPSA) is 62.6 Å². The third-order valence-corrected chi connectivity index (χ3v) is 3.17. The summed E-state index contributed by atoms with van der Waals surface area (Å²) in [5.41, 5.74) is 0.999. The Bertz CT molecular complexity index is 622. The van der Waals surface area contributed by atoms with E-state index in [-0.39, 0.29) is 0 Å². The molecule has 0 aliphatic carbocycles. The lowest BCUT2D eigenvalue weighted by molar-refractivity contribution is -0.111. The lowest BCUT2D eigenvalue weighted by Gasteiger charge is -2.14. The third kappa shape index (κ3) is 2.77. The minimum atomic E-state index is -0.467. The van der Waals surface area contributed by atoms with E-state index in [1.807, 2.05) is 0 Å². The molecular formula is C13H15ClN2O4. The first-order valence-corrected chi connectivity index (χ1v) is 6.27. The number of rotatable bonds is 5. The van der Waals surface area contributed by atoms with Gasteiger partial charge in [0, 0.05) is 24.6 Å². The van der Waals surface area contributed by atoms with Crippen molar-refractivity contribution in [2.24, 2.45) is 0 Å². The molecule has 1 heterocycles. The van der Waals surface area contributed by atoms with Gasteiger partial charge in [-0.2, -0.15) is 5.10 Å². The number of aromatic nitrogens is 2. The zero-order valence-electron chi connectivity index (χ0n) is 11.4. The molecule has 2 rings (SSSR count). The molecular weight excluding hydrogens is 284 g/mol. The monoisotopic (exact) mass is 298 g/mol. The molecule has 0 amide bonds. The summed E-state index contributed by atoms with van der Waals surface area (Å²) in [6, 6.07) is 3.30. The fourth-order valence-corrected chi connectivity index (χ4v) is 2.21. The average molecular weight is 299 g/mol. The van der Waals surface area contributed by atoms with E-state index in [2.05, 4.69) is 5.10 Å². The van der Waals surface area contributed by atoms with Crippen molar-refractivity contribution < 1.29 is 19.0 Å². The number of fused-ring (bicyclic) bond motifs is 1. The smallest absolute Gasteiger partial charge is 0.340 e. The zero-order chi connectivity index (χ0) is 14.7. The molecule has 0 saturated heterocycles. The van der Waals surface area contributed by atoms with E-state index in [1.54, 1.807) is 23.0 Å². The van der Waals surface area contributed by atoms with Crippen LogP contribution in [0.25, 0.3) is 10.9 Å².